The number of aromatic nitrogens is 1. The Morgan fingerprint density at radius 3 is 3.04 bits per heavy atom. The van der Waals surface area contributed by atoms with E-state index in [-0.39, 0.29) is 11.9 Å². The molecule has 0 saturated carbocycles. The molecular weight excluding hydrogens is 358 g/mol. The fourth-order valence-electron chi connectivity index (χ4n) is 3.86. The van der Waals surface area contributed by atoms with Crippen molar-refractivity contribution in [2.75, 3.05) is 19.7 Å². The van der Waals surface area contributed by atoms with Gasteiger partial charge >= 0.3 is 0 Å². The van der Waals surface area contributed by atoms with Gasteiger partial charge in [-0.15, -0.1) is 11.3 Å². The minimum atomic E-state index is -0.0453. The lowest BCUT2D eigenvalue weighted by Gasteiger charge is -2.26. The van der Waals surface area contributed by atoms with E-state index in [0.29, 0.717) is 18.1 Å². The van der Waals surface area contributed by atoms with Crippen LogP contribution in [-0.2, 0) is 0 Å². The number of fused-ring (bicyclic) bond motifs is 2. The molecule has 1 aromatic heterocycles. The fraction of sp³-hybridized carbons (Fsp3) is 0.333. The summed E-state index contributed by atoms with van der Waals surface area (Å²) in [4.78, 5) is 17.6. The molecule has 3 aromatic rings. The molecule has 6 heteroatoms. The van der Waals surface area contributed by atoms with E-state index in [9.17, 15) is 4.79 Å². The molecule has 1 saturated heterocycles. The maximum absolute atomic E-state index is 12.9. The van der Waals surface area contributed by atoms with Gasteiger partial charge in [0.2, 0.25) is 0 Å². The largest absolute Gasteiger partial charge is 0.493 e. The summed E-state index contributed by atoms with van der Waals surface area (Å²) < 4.78 is 6.77. The smallest absolute Gasteiger partial charge is 0.251 e. The highest BCUT2D eigenvalue weighted by Gasteiger charge is 2.24. The van der Waals surface area contributed by atoms with Crippen molar-refractivity contribution in [2.45, 2.75) is 24.8 Å². The molecule has 0 spiro atoms. The van der Waals surface area contributed by atoms with Crippen LogP contribution < -0.4 is 15.4 Å². The average molecular weight is 379 g/mol. The van der Waals surface area contributed by atoms with Gasteiger partial charge in [-0.05, 0) is 37.2 Å². The second-order valence-corrected chi connectivity index (χ2v) is 8.19. The first kappa shape index (κ1) is 16.7. The minimum absolute atomic E-state index is 0.0141. The van der Waals surface area contributed by atoms with E-state index in [0.717, 1.165) is 47.5 Å². The fourth-order valence-corrected chi connectivity index (χ4v) is 5.00. The number of para-hydroxylation sites is 1. The third-order valence-electron chi connectivity index (χ3n) is 5.34. The van der Waals surface area contributed by atoms with Crippen molar-refractivity contribution in [3.05, 3.63) is 58.6 Å². The lowest BCUT2D eigenvalue weighted by molar-refractivity contribution is 0.0925. The van der Waals surface area contributed by atoms with E-state index in [1.165, 1.54) is 5.01 Å². The van der Waals surface area contributed by atoms with Gasteiger partial charge in [0.05, 0.1) is 27.9 Å². The number of thiazole rings is 1. The molecule has 27 heavy (non-hydrogen) atoms. The van der Waals surface area contributed by atoms with Crippen LogP contribution in [0.15, 0.2) is 42.5 Å². The van der Waals surface area contributed by atoms with Crippen LogP contribution in [0.1, 0.15) is 45.7 Å². The Morgan fingerprint density at radius 1 is 1.22 bits per heavy atom. The van der Waals surface area contributed by atoms with E-state index < -0.39 is 0 Å². The summed E-state index contributed by atoms with van der Waals surface area (Å²) >= 11 is 1.71. The lowest BCUT2D eigenvalue weighted by Crippen LogP contribution is -2.32. The monoisotopic (exact) mass is 379 g/mol. The lowest BCUT2D eigenvalue weighted by atomic mass is 10.00. The summed E-state index contributed by atoms with van der Waals surface area (Å²) in [6.45, 7) is 2.67. The third kappa shape index (κ3) is 3.19. The first-order chi connectivity index (χ1) is 13.3. The van der Waals surface area contributed by atoms with Gasteiger partial charge in [0.25, 0.3) is 5.91 Å². The summed E-state index contributed by atoms with van der Waals surface area (Å²) in [5.74, 6) is 1.32. The molecule has 1 fully saturated rings. The number of ether oxygens (including phenoxy) is 1. The Labute approximate surface area is 161 Å². The molecular formula is C21H21N3O2S. The number of benzene rings is 2. The topological polar surface area (TPSA) is 63.2 Å². The van der Waals surface area contributed by atoms with Crippen LogP contribution >= 0.6 is 11.3 Å². The third-order valence-corrected chi connectivity index (χ3v) is 6.52. The van der Waals surface area contributed by atoms with E-state index in [1.54, 1.807) is 11.3 Å². The van der Waals surface area contributed by atoms with Crippen LogP contribution in [0.3, 0.4) is 0 Å². The Hall–Kier alpha value is -2.44. The van der Waals surface area contributed by atoms with Crippen LogP contribution in [-0.4, -0.2) is 30.6 Å². The van der Waals surface area contributed by atoms with Gasteiger partial charge in [0, 0.05) is 30.0 Å². The number of nitrogens with one attached hydrogen (secondary N) is 2. The Kier molecular flexibility index (Phi) is 4.30. The van der Waals surface area contributed by atoms with Gasteiger partial charge in [-0.2, -0.15) is 0 Å². The molecule has 3 heterocycles. The highest BCUT2D eigenvalue weighted by atomic mass is 32.1. The maximum Gasteiger partial charge on any atom is 0.251 e. The van der Waals surface area contributed by atoms with E-state index in [2.05, 4.69) is 10.6 Å². The maximum atomic E-state index is 12.9. The standard InChI is InChI=1S/C21H21N3O2S/c25-20(23-16-8-10-26-18-4-2-1-3-15(16)18)13-5-6-17-19(11-13)27-21(24-17)14-7-9-22-12-14/h1-6,11,14,16,22H,7-10,12H2,(H,23,25). The zero-order valence-electron chi connectivity index (χ0n) is 14.9. The minimum Gasteiger partial charge on any atom is -0.493 e. The molecule has 0 radical (unpaired) electrons. The highest BCUT2D eigenvalue weighted by Crippen LogP contribution is 2.33. The normalized spacial score (nSPS) is 21.6. The molecule has 0 aliphatic carbocycles. The molecule has 138 valence electrons. The van der Waals surface area contributed by atoms with Gasteiger partial charge in [0.1, 0.15) is 5.75 Å². The SMILES string of the molecule is O=C(NC1CCOc2ccccc21)c1ccc2nc(C3CCNC3)sc2c1. The molecule has 2 aliphatic heterocycles. The number of amides is 1. The molecule has 5 nitrogen and oxygen atoms in total. The summed E-state index contributed by atoms with van der Waals surface area (Å²) in [7, 11) is 0. The number of rotatable bonds is 3. The van der Waals surface area contributed by atoms with Gasteiger partial charge < -0.3 is 15.4 Å². The van der Waals surface area contributed by atoms with Crippen molar-refractivity contribution in [1.29, 1.82) is 0 Å². The van der Waals surface area contributed by atoms with Gasteiger partial charge in [0.15, 0.2) is 0 Å². The predicted molar refractivity (Wildman–Crippen MR) is 107 cm³/mol. The van der Waals surface area contributed by atoms with Crippen molar-refractivity contribution in [3.8, 4) is 5.75 Å². The van der Waals surface area contributed by atoms with Crippen molar-refractivity contribution in [1.82, 2.24) is 15.6 Å². The number of hydrogen-bond donors (Lipinski definition) is 2. The molecule has 1 amide bonds. The second-order valence-electron chi connectivity index (χ2n) is 7.13. The molecule has 2 unspecified atom stereocenters. The van der Waals surface area contributed by atoms with Crippen LogP contribution in [0, 0.1) is 0 Å². The van der Waals surface area contributed by atoms with Crippen molar-refractivity contribution >= 4 is 27.5 Å². The van der Waals surface area contributed by atoms with Gasteiger partial charge in [-0.3, -0.25) is 4.79 Å². The Bertz CT molecular complexity index is 994. The van der Waals surface area contributed by atoms with E-state index >= 15 is 0 Å². The highest BCUT2D eigenvalue weighted by molar-refractivity contribution is 7.18. The number of carbonyl (C=O) groups is 1. The molecule has 0 bridgehead atoms. The first-order valence-corrected chi connectivity index (χ1v) is 10.2. The molecule has 2 N–H and O–H groups in total. The molecule has 5 rings (SSSR count). The summed E-state index contributed by atoms with van der Waals surface area (Å²) in [6, 6.07) is 13.7. The molecule has 2 aromatic carbocycles. The van der Waals surface area contributed by atoms with E-state index in [1.807, 2.05) is 42.5 Å². The number of nitrogens with zero attached hydrogens (tertiary/aromatic N) is 1. The van der Waals surface area contributed by atoms with Crippen LogP contribution in [0.5, 0.6) is 5.75 Å². The van der Waals surface area contributed by atoms with Crippen molar-refractivity contribution in [3.63, 3.8) is 0 Å². The van der Waals surface area contributed by atoms with Crippen LogP contribution in [0.4, 0.5) is 0 Å². The Balaban J connectivity index is 1.38. The quantitative estimate of drug-likeness (QED) is 0.730. The van der Waals surface area contributed by atoms with Crippen LogP contribution in [0.2, 0.25) is 0 Å². The van der Waals surface area contributed by atoms with Crippen molar-refractivity contribution < 1.29 is 9.53 Å². The van der Waals surface area contributed by atoms with Crippen LogP contribution in [0.25, 0.3) is 10.2 Å². The van der Waals surface area contributed by atoms with Crippen molar-refractivity contribution in [2.24, 2.45) is 0 Å². The van der Waals surface area contributed by atoms with Gasteiger partial charge in [-0.1, -0.05) is 18.2 Å². The second kappa shape index (κ2) is 6.94. The first-order valence-electron chi connectivity index (χ1n) is 9.42. The zero-order chi connectivity index (χ0) is 18.2. The summed E-state index contributed by atoms with van der Waals surface area (Å²) in [5, 5.41) is 7.74. The van der Waals surface area contributed by atoms with Gasteiger partial charge in [-0.25, -0.2) is 4.98 Å². The molecule has 2 atom stereocenters. The Morgan fingerprint density at radius 2 is 2.15 bits per heavy atom. The summed E-state index contributed by atoms with van der Waals surface area (Å²) in [6.07, 6.45) is 1.92. The molecule has 2 aliphatic rings. The number of carbonyl (C=O) groups excluding carboxylic acids is 1. The predicted octanol–water partition coefficient (Wildman–Crippen LogP) is 3.63. The number of hydrogen-bond acceptors (Lipinski definition) is 5. The van der Waals surface area contributed by atoms with E-state index in [4.69, 9.17) is 9.72 Å². The average Bonchev–Trinajstić information content (AvgIpc) is 3.37. The zero-order valence-corrected chi connectivity index (χ0v) is 15.7. The summed E-state index contributed by atoms with van der Waals surface area (Å²) in [5.41, 5.74) is 2.72.